The lowest BCUT2D eigenvalue weighted by Crippen LogP contribution is -2.31. The smallest absolute Gasteiger partial charge is 0.170 e. The SMILES string of the molecule is CCC(C)Oc1cccc(NC(=S)NCC(C)C)c1. The molecule has 1 atom stereocenters. The van der Waals surface area contributed by atoms with E-state index in [9.17, 15) is 0 Å². The number of anilines is 1. The molecule has 106 valence electrons. The molecule has 1 aromatic rings. The highest BCUT2D eigenvalue weighted by molar-refractivity contribution is 7.80. The molecule has 0 saturated carbocycles. The minimum absolute atomic E-state index is 0.223. The van der Waals surface area contributed by atoms with Gasteiger partial charge in [-0.05, 0) is 43.6 Å². The van der Waals surface area contributed by atoms with Crippen LogP contribution in [0.4, 0.5) is 5.69 Å². The van der Waals surface area contributed by atoms with Gasteiger partial charge in [0.15, 0.2) is 5.11 Å². The second-order valence-electron chi connectivity index (χ2n) is 5.09. The second-order valence-corrected chi connectivity index (χ2v) is 5.50. The number of ether oxygens (including phenoxy) is 1. The molecule has 0 radical (unpaired) electrons. The van der Waals surface area contributed by atoms with Gasteiger partial charge in [0.25, 0.3) is 0 Å². The van der Waals surface area contributed by atoms with Crippen molar-refractivity contribution in [2.45, 2.75) is 40.2 Å². The normalized spacial score (nSPS) is 12.1. The number of hydrogen-bond donors (Lipinski definition) is 2. The van der Waals surface area contributed by atoms with Crippen LogP contribution in [0.25, 0.3) is 0 Å². The highest BCUT2D eigenvalue weighted by Crippen LogP contribution is 2.19. The summed E-state index contributed by atoms with van der Waals surface area (Å²) in [4.78, 5) is 0. The van der Waals surface area contributed by atoms with E-state index in [1.54, 1.807) is 0 Å². The molecule has 0 bridgehead atoms. The summed E-state index contributed by atoms with van der Waals surface area (Å²) in [5.41, 5.74) is 0.946. The van der Waals surface area contributed by atoms with Crippen LogP contribution < -0.4 is 15.4 Å². The molecule has 1 aromatic carbocycles. The molecule has 0 spiro atoms. The Hall–Kier alpha value is -1.29. The molecular formula is C15H24N2OS. The van der Waals surface area contributed by atoms with Gasteiger partial charge in [-0.25, -0.2) is 0 Å². The van der Waals surface area contributed by atoms with Gasteiger partial charge < -0.3 is 15.4 Å². The standard InChI is InChI=1S/C15H24N2OS/c1-5-12(4)18-14-8-6-7-13(9-14)17-15(19)16-10-11(2)3/h6-9,11-12H,5,10H2,1-4H3,(H2,16,17,19). The Morgan fingerprint density at radius 3 is 2.68 bits per heavy atom. The number of rotatable bonds is 6. The fourth-order valence-corrected chi connectivity index (χ4v) is 1.64. The van der Waals surface area contributed by atoms with Crippen LogP contribution in [-0.4, -0.2) is 17.8 Å². The maximum atomic E-state index is 5.78. The summed E-state index contributed by atoms with van der Waals surface area (Å²) < 4.78 is 5.78. The highest BCUT2D eigenvalue weighted by atomic mass is 32.1. The van der Waals surface area contributed by atoms with Crippen molar-refractivity contribution in [1.29, 1.82) is 0 Å². The molecule has 0 fully saturated rings. The lowest BCUT2D eigenvalue weighted by molar-refractivity contribution is 0.217. The van der Waals surface area contributed by atoms with Gasteiger partial charge in [0, 0.05) is 18.3 Å². The van der Waals surface area contributed by atoms with E-state index in [1.165, 1.54) is 0 Å². The predicted molar refractivity (Wildman–Crippen MR) is 85.9 cm³/mol. The maximum Gasteiger partial charge on any atom is 0.170 e. The third kappa shape index (κ3) is 6.43. The predicted octanol–water partition coefficient (Wildman–Crippen LogP) is 3.81. The first-order valence-corrected chi connectivity index (χ1v) is 7.23. The largest absolute Gasteiger partial charge is 0.491 e. The van der Waals surface area contributed by atoms with Crippen molar-refractivity contribution < 1.29 is 4.74 Å². The first kappa shape index (κ1) is 15.8. The second kappa shape index (κ2) is 8.00. The summed E-state index contributed by atoms with van der Waals surface area (Å²) in [6, 6.07) is 7.87. The van der Waals surface area contributed by atoms with Gasteiger partial charge in [0.1, 0.15) is 5.75 Å². The average Bonchev–Trinajstić information content (AvgIpc) is 2.36. The third-order valence-electron chi connectivity index (χ3n) is 2.67. The number of thiocarbonyl (C=S) groups is 1. The van der Waals surface area contributed by atoms with Gasteiger partial charge in [-0.2, -0.15) is 0 Å². The van der Waals surface area contributed by atoms with Crippen LogP contribution >= 0.6 is 12.2 Å². The molecule has 0 amide bonds. The van der Waals surface area contributed by atoms with E-state index in [2.05, 4.69) is 38.3 Å². The fraction of sp³-hybridized carbons (Fsp3) is 0.533. The van der Waals surface area contributed by atoms with Gasteiger partial charge in [-0.1, -0.05) is 26.8 Å². The molecule has 0 saturated heterocycles. The summed E-state index contributed by atoms with van der Waals surface area (Å²) in [7, 11) is 0. The zero-order valence-electron chi connectivity index (χ0n) is 12.2. The first-order valence-electron chi connectivity index (χ1n) is 6.82. The third-order valence-corrected chi connectivity index (χ3v) is 2.92. The van der Waals surface area contributed by atoms with Crippen LogP contribution in [0.1, 0.15) is 34.1 Å². The Morgan fingerprint density at radius 2 is 2.05 bits per heavy atom. The Morgan fingerprint density at radius 1 is 1.32 bits per heavy atom. The van der Waals surface area contributed by atoms with E-state index in [-0.39, 0.29) is 6.10 Å². The minimum Gasteiger partial charge on any atom is -0.491 e. The average molecular weight is 280 g/mol. The lowest BCUT2D eigenvalue weighted by atomic mass is 10.2. The number of nitrogens with one attached hydrogen (secondary N) is 2. The Bertz CT molecular complexity index is 407. The molecule has 0 aromatic heterocycles. The van der Waals surface area contributed by atoms with E-state index >= 15 is 0 Å². The zero-order chi connectivity index (χ0) is 14.3. The Balaban J connectivity index is 2.54. The van der Waals surface area contributed by atoms with E-state index in [4.69, 9.17) is 17.0 Å². The molecule has 1 rings (SSSR count). The van der Waals surface area contributed by atoms with Gasteiger partial charge in [-0.15, -0.1) is 0 Å². The lowest BCUT2D eigenvalue weighted by Gasteiger charge is -2.15. The summed E-state index contributed by atoms with van der Waals surface area (Å²) in [6.07, 6.45) is 1.22. The fourth-order valence-electron chi connectivity index (χ4n) is 1.43. The van der Waals surface area contributed by atoms with Gasteiger partial charge in [0.05, 0.1) is 6.10 Å². The van der Waals surface area contributed by atoms with Crippen molar-refractivity contribution in [2.75, 3.05) is 11.9 Å². The topological polar surface area (TPSA) is 33.3 Å². The molecule has 1 unspecified atom stereocenters. The zero-order valence-corrected chi connectivity index (χ0v) is 13.0. The van der Waals surface area contributed by atoms with E-state index in [0.717, 1.165) is 24.4 Å². The van der Waals surface area contributed by atoms with E-state index in [1.807, 2.05) is 24.3 Å². The maximum absolute atomic E-state index is 5.78. The summed E-state index contributed by atoms with van der Waals surface area (Å²) in [5, 5.41) is 7.00. The molecule has 0 aliphatic carbocycles. The monoisotopic (exact) mass is 280 g/mol. The number of benzene rings is 1. The van der Waals surface area contributed by atoms with Crippen molar-refractivity contribution in [3.05, 3.63) is 24.3 Å². The highest BCUT2D eigenvalue weighted by Gasteiger charge is 2.03. The molecule has 4 heteroatoms. The van der Waals surface area contributed by atoms with Crippen LogP contribution in [0.3, 0.4) is 0 Å². The van der Waals surface area contributed by atoms with Crippen LogP contribution in [0.15, 0.2) is 24.3 Å². The molecule has 0 aliphatic rings. The molecular weight excluding hydrogens is 256 g/mol. The summed E-state index contributed by atoms with van der Waals surface area (Å²) in [6.45, 7) is 9.34. The van der Waals surface area contributed by atoms with Crippen molar-refractivity contribution in [2.24, 2.45) is 5.92 Å². The molecule has 0 heterocycles. The van der Waals surface area contributed by atoms with Crippen molar-refractivity contribution >= 4 is 23.0 Å². The van der Waals surface area contributed by atoms with E-state index in [0.29, 0.717) is 11.0 Å². The summed E-state index contributed by atoms with van der Waals surface area (Å²) in [5.74, 6) is 1.44. The molecule has 3 nitrogen and oxygen atoms in total. The Labute approximate surface area is 121 Å². The first-order chi connectivity index (χ1) is 9.01. The molecule has 0 aliphatic heterocycles. The van der Waals surface area contributed by atoms with Gasteiger partial charge in [-0.3, -0.25) is 0 Å². The summed E-state index contributed by atoms with van der Waals surface area (Å²) >= 11 is 5.25. The quantitative estimate of drug-likeness (QED) is 0.776. The number of hydrogen-bond acceptors (Lipinski definition) is 2. The van der Waals surface area contributed by atoms with Crippen LogP contribution in [0, 0.1) is 5.92 Å². The van der Waals surface area contributed by atoms with Crippen molar-refractivity contribution in [3.63, 3.8) is 0 Å². The van der Waals surface area contributed by atoms with Gasteiger partial charge in [0.2, 0.25) is 0 Å². The molecule has 19 heavy (non-hydrogen) atoms. The Kier molecular flexibility index (Phi) is 6.64. The van der Waals surface area contributed by atoms with E-state index < -0.39 is 0 Å². The van der Waals surface area contributed by atoms with Crippen LogP contribution in [-0.2, 0) is 0 Å². The molecule has 2 N–H and O–H groups in total. The van der Waals surface area contributed by atoms with Gasteiger partial charge >= 0.3 is 0 Å². The van der Waals surface area contributed by atoms with Crippen LogP contribution in [0.5, 0.6) is 5.75 Å². The van der Waals surface area contributed by atoms with Crippen molar-refractivity contribution in [1.82, 2.24) is 5.32 Å². The van der Waals surface area contributed by atoms with Crippen LogP contribution in [0.2, 0.25) is 0 Å². The minimum atomic E-state index is 0.223. The van der Waals surface area contributed by atoms with Crippen molar-refractivity contribution in [3.8, 4) is 5.75 Å².